The number of H-pyrrole nitrogens is 1. The molecule has 1 aliphatic carbocycles. The van der Waals surface area contributed by atoms with Crippen LogP contribution in [0.3, 0.4) is 0 Å². The normalized spacial score (nSPS) is 16.4. The van der Waals surface area contributed by atoms with Crippen molar-refractivity contribution in [3.63, 3.8) is 0 Å². The van der Waals surface area contributed by atoms with Crippen LogP contribution in [0.4, 0.5) is 5.95 Å². The van der Waals surface area contributed by atoms with Gasteiger partial charge in [-0.2, -0.15) is 0 Å². The summed E-state index contributed by atoms with van der Waals surface area (Å²) in [7, 11) is 0. The summed E-state index contributed by atoms with van der Waals surface area (Å²) >= 11 is 0. The van der Waals surface area contributed by atoms with E-state index in [0.717, 1.165) is 23.4 Å². The Kier molecular flexibility index (Phi) is 4.00. The summed E-state index contributed by atoms with van der Waals surface area (Å²) < 4.78 is 0. The number of fused-ring (bicyclic) bond motifs is 1. The molecule has 1 heterocycles. The van der Waals surface area contributed by atoms with Gasteiger partial charge in [-0.15, -0.1) is 0 Å². The lowest BCUT2D eigenvalue weighted by atomic mass is 9.86. The van der Waals surface area contributed by atoms with E-state index in [2.05, 4.69) is 15.3 Å². The lowest BCUT2D eigenvalue weighted by Gasteiger charge is -2.20. The van der Waals surface area contributed by atoms with E-state index < -0.39 is 0 Å². The van der Waals surface area contributed by atoms with E-state index in [0.29, 0.717) is 12.4 Å². The van der Waals surface area contributed by atoms with Crippen LogP contribution in [0, 0.1) is 5.92 Å². The van der Waals surface area contributed by atoms with Crippen LogP contribution < -0.4 is 5.32 Å². The maximum Gasteiger partial charge on any atom is 0.226 e. The van der Waals surface area contributed by atoms with Crippen molar-refractivity contribution < 1.29 is 4.79 Å². The topological polar surface area (TPSA) is 57.8 Å². The van der Waals surface area contributed by atoms with Crippen molar-refractivity contribution in [3.8, 4) is 0 Å². The number of para-hydroxylation sites is 2. The number of imidazole rings is 1. The molecule has 1 aliphatic rings. The fraction of sp³-hybridized carbons (Fsp3) is 0.500. The lowest BCUT2D eigenvalue weighted by Crippen LogP contribution is -2.15. The van der Waals surface area contributed by atoms with Gasteiger partial charge in [0.05, 0.1) is 11.0 Å². The van der Waals surface area contributed by atoms with Crippen molar-refractivity contribution in [2.45, 2.75) is 44.9 Å². The minimum absolute atomic E-state index is 0.0645. The van der Waals surface area contributed by atoms with Crippen molar-refractivity contribution in [1.82, 2.24) is 9.97 Å². The van der Waals surface area contributed by atoms with E-state index in [1.807, 2.05) is 24.3 Å². The van der Waals surface area contributed by atoms with Crippen molar-refractivity contribution in [2.24, 2.45) is 5.92 Å². The summed E-state index contributed by atoms with van der Waals surface area (Å²) in [6.45, 7) is 0. The Bertz CT molecular complexity index is 551. The summed E-state index contributed by atoms with van der Waals surface area (Å²) in [4.78, 5) is 19.4. The van der Waals surface area contributed by atoms with E-state index in [9.17, 15) is 4.79 Å². The molecular formula is C16H21N3O. The monoisotopic (exact) mass is 271 g/mol. The van der Waals surface area contributed by atoms with Gasteiger partial charge in [0.1, 0.15) is 0 Å². The van der Waals surface area contributed by atoms with E-state index in [1.54, 1.807) is 0 Å². The standard InChI is InChI=1S/C16H21N3O/c20-15(11-10-12-6-2-1-3-7-12)19-16-17-13-8-4-5-9-14(13)18-16/h4-5,8-9,12H,1-3,6-7,10-11H2,(H2,17,18,19,20). The Balaban J connectivity index is 1.52. The van der Waals surface area contributed by atoms with Gasteiger partial charge in [0.2, 0.25) is 11.9 Å². The number of amides is 1. The first-order valence-corrected chi connectivity index (χ1v) is 7.56. The first kappa shape index (κ1) is 13.2. The number of aromatic amines is 1. The Labute approximate surface area is 119 Å². The zero-order chi connectivity index (χ0) is 13.8. The fourth-order valence-electron chi connectivity index (χ4n) is 3.02. The van der Waals surface area contributed by atoms with Crippen LogP contribution in [-0.2, 0) is 4.79 Å². The highest BCUT2D eigenvalue weighted by atomic mass is 16.1. The molecule has 0 bridgehead atoms. The smallest absolute Gasteiger partial charge is 0.226 e. The van der Waals surface area contributed by atoms with Crippen molar-refractivity contribution in [3.05, 3.63) is 24.3 Å². The summed E-state index contributed by atoms with van der Waals surface area (Å²) in [6.07, 6.45) is 8.21. The van der Waals surface area contributed by atoms with Crippen LogP contribution >= 0.6 is 0 Å². The summed E-state index contributed by atoms with van der Waals surface area (Å²) in [5, 5.41) is 2.87. The van der Waals surface area contributed by atoms with Crippen LogP contribution in [0.15, 0.2) is 24.3 Å². The summed E-state index contributed by atoms with van der Waals surface area (Å²) in [6, 6.07) is 7.79. The fourth-order valence-corrected chi connectivity index (χ4v) is 3.02. The first-order valence-electron chi connectivity index (χ1n) is 7.56. The average molecular weight is 271 g/mol. The van der Waals surface area contributed by atoms with Gasteiger partial charge in [0.25, 0.3) is 0 Å². The van der Waals surface area contributed by atoms with E-state index in [-0.39, 0.29) is 5.91 Å². The van der Waals surface area contributed by atoms with Gasteiger partial charge >= 0.3 is 0 Å². The minimum atomic E-state index is 0.0645. The number of hydrogen-bond donors (Lipinski definition) is 2. The van der Waals surface area contributed by atoms with Crippen molar-refractivity contribution in [1.29, 1.82) is 0 Å². The second-order valence-electron chi connectivity index (χ2n) is 5.69. The van der Waals surface area contributed by atoms with Crippen molar-refractivity contribution >= 4 is 22.9 Å². The largest absolute Gasteiger partial charge is 0.324 e. The van der Waals surface area contributed by atoms with Crippen LogP contribution in [-0.4, -0.2) is 15.9 Å². The molecule has 1 saturated carbocycles. The molecular weight excluding hydrogens is 250 g/mol. The molecule has 1 aromatic heterocycles. The molecule has 106 valence electrons. The van der Waals surface area contributed by atoms with Gasteiger partial charge in [0.15, 0.2) is 0 Å². The number of carbonyl (C=O) groups excluding carboxylic acids is 1. The summed E-state index contributed by atoms with van der Waals surface area (Å²) in [5.74, 6) is 1.36. The van der Waals surface area contributed by atoms with Gasteiger partial charge in [-0.05, 0) is 24.5 Å². The molecule has 4 nitrogen and oxygen atoms in total. The molecule has 1 aromatic carbocycles. The predicted molar refractivity (Wildman–Crippen MR) is 80.5 cm³/mol. The summed E-state index contributed by atoms with van der Waals surface area (Å²) in [5.41, 5.74) is 1.84. The molecule has 3 rings (SSSR count). The molecule has 1 fully saturated rings. The third-order valence-corrected chi connectivity index (χ3v) is 4.15. The maximum absolute atomic E-state index is 12.0. The van der Waals surface area contributed by atoms with Gasteiger partial charge in [0, 0.05) is 6.42 Å². The Morgan fingerprint density at radius 1 is 1.25 bits per heavy atom. The number of nitrogens with zero attached hydrogens (tertiary/aromatic N) is 1. The molecule has 0 saturated heterocycles. The zero-order valence-corrected chi connectivity index (χ0v) is 11.7. The molecule has 0 atom stereocenters. The Morgan fingerprint density at radius 3 is 2.85 bits per heavy atom. The second kappa shape index (κ2) is 6.07. The predicted octanol–water partition coefficient (Wildman–Crippen LogP) is 3.86. The number of benzene rings is 1. The number of nitrogens with one attached hydrogen (secondary N) is 2. The maximum atomic E-state index is 12.0. The number of aromatic nitrogens is 2. The molecule has 1 amide bonds. The minimum Gasteiger partial charge on any atom is -0.324 e. The molecule has 0 aliphatic heterocycles. The number of rotatable bonds is 4. The molecule has 0 unspecified atom stereocenters. The average Bonchev–Trinajstić information content (AvgIpc) is 2.88. The molecule has 2 aromatic rings. The number of carbonyl (C=O) groups is 1. The molecule has 4 heteroatoms. The highest BCUT2D eigenvalue weighted by molar-refractivity contribution is 5.90. The van der Waals surface area contributed by atoms with Crippen LogP contribution in [0.1, 0.15) is 44.9 Å². The Hall–Kier alpha value is -1.84. The molecule has 20 heavy (non-hydrogen) atoms. The number of anilines is 1. The van der Waals surface area contributed by atoms with Crippen LogP contribution in [0.2, 0.25) is 0 Å². The van der Waals surface area contributed by atoms with E-state index in [4.69, 9.17) is 0 Å². The quantitative estimate of drug-likeness (QED) is 0.887. The van der Waals surface area contributed by atoms with Gasteiger partial charge < -0.3 is 4.98 Å². The lowest BCUT2D eigenvalue weighted by molar-refractivity contribution is -0.116. The van der Waals surface area contributed by atoms with Gasteiger partial charge in [-0.25, -0.2) is 4.98 Å². The Morgan fingerprint density at radius 2 is 2.05 bits per heavy atom. The van der Waals surface area contributed by atoms with E-state index in [1.165, 1.54) is 32.1 Å². The highest BCUT2D eigenvalue weighted by Crippen LogP contribution is 2.27. The molecule has 0 radical (unpaired) electrons. The third kappa shape index (κ3) is 3.18. The van der Waals surface area contributed by atoms with Crippen LogP contribution in [0.5, 0.6) is 0 Å². The molecule has 2 N–H and O–H groups in total. The van der Waals surface area contributed by atoms with Gasteiger partial charge in [-0.3, -0.25) is 10.1 Å². The van der Waals surface area contributed by atoms with Gasteiger partial charge in [-0.1, -0.05) is 44.2 Å². The van der Waals surface area contributed by atoms with Crippen molar-refractivity contribution in [2.75, 3.05) is 5.32 Å². The first-order chi connectivity index (χ1) is 9.81. The zero-order valence-electron chi connectivity index (χ0n) is 11.7. The number of hydrogen-bond acceptors (Lipinski definition) is 2. The SMILES string of the molecule is O=C(CCC1CCCCC1)Nc1nc2ccccc2[nH]1. The molecule has 0 spiro atoms. The second-order valence-corrected chi connectivity index (χ2v) is 5.69. The third-order valence-electron chi connectivity index (χ3n) is 4.15. The highest BCUT2D eigenvalue weighted by Gasteiger charge is 2.15. The van der Waals surface area contributed by atoms with E-state index >= 15 is 0 Å². The van der Waals surface area contributed by atoms with Crippen LogP contribution in [0.25, 0.3) is 11.0 Å².